The molecule has 33 heavy (non-hydrogen) atoms. The van der Waals surface area contributed by atoms with Crippen molar-refractivity contribution in [2.24, 2.45) is 0 Å². The summed E-state index contributed by atoms with van der Waals surface area (Å²) in [5.41, 5.74) is 1.93. The maximum absolute atomic E-state index is 13.1. The quantitative estimate of drug-likeness (QED) is 0.379. The smallest absolute Gasteiger partial charge is 0.305 e. The Bertz CT molecular complexity index is 1240. The average molecular weight is 481 g/mol. The number of hydrogen-bond acceptors (Lipinski definition) is 4. The molecule has 0 spiro atoms. The molecule has 0 aliphatic rings. The molecular formula is C24H18Cl2N4O3. The largest absolute Gasteiger partial charge is 0.481 e. The number of nitrogens with one attached hydrogen (secondary N) is 1. The van der Waals surface area contributed by atoms with E-state index in [0.29, 0.717) is 16.4 Å². The maximum Gasteiger partial charge on any atom is 0.305 e. The predicted octanol–water partition coefficient (Wildman–Crippen LogP) is 5.19. The number of aromatic nitrogens is 3. The van der Waals surface area contributed by atoms with E-state index in [2.05, 4.69) is 15.4 Å². The number of halogens is 2. The normalized spacial score (nSPS) is 11.7. The number of nitrogens with zero attached hydrogens (tertiary/aromatic N) is 3. The summed E-state index contributed by atoms with van der Waals surface area (Å²) >= 11 is 12.2. The van der Waals surface area contributed by atoms with Crippen LogP contribution in [0.2, 0.25) is 10.0 Å². The second kappa shape index (κ2) is 9.85. The lowest BCUT2D eigenvalue weighted by molar-refractivity contribution is -0.137. The first-order chi connectivity index (χ1) is 15.9. The minimum atomic E-state index is -1.10. The molecule has 9 heteroatoms. The van der Waals surface area contributed by atoms with Gasteiger partial charge in [-0.05, 0) is 29.8 Å². The highest BCUT2D eigenvalue weighted by molar-refractivity contribution is 6.35. The zero-order valence-corrected chi connectivity index (χ0v) is 18.7. The third-order valence-electron chi connectivity index (χ3n) is 4.86. The lowest BCUT2D eigenvalue weighted by Gasteiger charge is -2.18. The zero-order chi connectivity index (χ0) is 23.4. The summed E-state index contributed by atoms with van der Waals surface area (Å²) in [6, 6.07) is 22.4. The fourth-order valence-electron chi connectivity index (χ4n) is 3.35. The Labute approximate surface area is 199 Å². The molecule has 0 saturated carbocycles. The van der Waals surface area contributed by atoms with Crippen LogP contribution in [0, 0.1) is 0 Å². The Morgan fingerprint density at radius 2 is 1.64 bits per heavy atom. The van der Waals surface area contributed by atoms with Crippen LogP contribution in [0.1, 0.15) is 28.6 Å². The van der Waals surface area contributed by atoms with Gasteiger partial charge in [0.1, 0.15) is 0 Å². The summed E-state index contributed by atoms with van der Waals surface area (Å²) in [6.07, 6.45) is -0.377. The van der Waals surface area contributed by atoms with Gasteiger partial charge in [0.15, 0.2) is 5.82 Å². The van der Waals surface area contributed by atoms with Gasteiger partial charge in [0.2, 0.25) is 5.82 Å². The summed E-state index contributed by atoms with van der Waals surface area (Å²) in [4.78, 5) is 29.0. The molecule has 4 rings (SSSR count). The Balaban J connectivity index is 1.71. The topological polar surface area (TPSA) is 97.1 Å². The van der Waals surface area contributed by atoms with Gasteiger partial charge in [0.25, 0.3) is 5.91 Å². The van der Waals surface area contributed by atoms with E-state index >= 15 is 0 Å². The molecule has 1 aromatic heterocycles. The van der Waals surface area contributed by atoms with E-state index in [-0.39, 0.29) is 17.3 Å². The Morgan fingerprint density at radius 3 is 2.27 bits per heavy atom. The second-order valence-electron chi connectivity index (χ2n) is 7.16. The first kappa shape index (κ1) is 22.5. The van der Waals surface area contributed by atoms with E-state index in [0.717, 1.165) is 11.3 Å². The van der Waals surface area contributed by atoms with Gasteiger partial charge in [-0.25, -0.2) is 9.67 Å². The number of carboxylic acid groups (broad SMARTS) is 1. The highest BCUT2D eigenvalue weighted by atomic mass is 35.5. The molecule has 1 atom stereocenters. The predicted molar refractivity (Wildman–Crippen MR) is 126 cm³/mol. The second-order valence-corrected chi connectivity index (χ2v) is 8.01. The molecule has 4 aromatic rings. The van der Waals surface area contributed by atoms with Crippen molar-refractivity contribution in [2.45, 2.75) is 12.5 Å². The van der Waals surface area contributed by atoms with Crippen LogP contribution in [-0.4, -0.2) is 31.7 Å². The van der Waals surface area contributed by atoms with Crippen LogP contribution in [-0.2, 0) is 4.79 Å². The Kier molecular flexibility index (Phi) is 6.72. The number of para-hydroxylation sites is 1. The van der Waals surface area contributed by atoms with E-state index in [1.165, 1.54) is 6.07 Å². The molecule has 1 heterocycles. The molecule has 1 unspecified atom stereocenters. The fraction of sp³-hybridized carbons (Fsp3) is 0.0833. The minimum Gasteiger partial charge on any atom is -0.481 e. The van der Waals surface area contributed by atoms with E-state index in [1.54, 1.807) is 16.8 Å². The number of rotatable bonds is 7. The molecule has 0 bridgehead atoms. The van der Waals surface area contributed by atoms with Crippen molar-refractivity contribution in [1.82, 2.24) is 20.1 Å². The van der Waals surface area contributed by atoms with Crippen molar-refractivity contribution in [1.29, 1.82) is 0 Å². The van der Waals surface area contributed by atoms with Crippen LogP contribution in [0.3, 0.4) is 0 Å². The van der Waals surface area contributed by atoms with Crippen LogP contribution in [0.5, 0.6) is 0 Å². The van der Waals surface area contributed by atoms with Gasteiger partial charge in [-0.1, -0.05) is 77.8 Å². The fourth-order valence-corrected chi connectivity index (χ4v) is 3.89. The van der Waals surface area contributed by atoms with Crippen molar-refractivity contribution >= 4 is 35.1 Å². The molecule has 1 amide bonds. The number of benzene rings is 3. The van der Waals surface area contributed by atoms with Crippen LogP contribution in [0.4, 0.5) is 0 Å². The van der Waals surface area contributed by atoms with Gasteiger partial charge in [-0.2, -0.15) is 0 Å². The van der Waals surface area contributed by atoms with E-state index in [1.807, 2.05) is 60.7 Å². The first-order valence-corrected chi connectivity index (χ1v) is 10.7. The Morgan fingerprint density at radius 1 is 0.970 bits per heavy atom. The van der Waals surface area contributed by atoms with Gasteiger partial charge in [-0.3, -0.25) is 9.59 Å². The third-order valence-corrected chi connectivity index (χ3v) is 5.43. The van der Waals surface area contributed by atoms with Crippen LogP contribution >= 0.6 is 23.2 Å². The minimum absolute atomic E-state index is 0.0989. The first-order valence-electron chi connectivity index (χ1n) is 9.98. The van der Waals surface area contributed by atoms with Crippen molar-refractivity contribution in [3.05, 3.63) is 100 Å². The highest BCUT2D eigenvalue weighted by Gasteiger charge is 2.25. The molecule has 0 fully saturated rings. The number of hydrogen-bond donors (Lipinski definition) is 2. The van der Waals surface area contributed by atoms with Gasteiger partial charge in [0, 0.05) is 15.6 Å². The summed E-state index contributed by atoms with van der Waals surface area (Å²) < 4.78 is 1.58. The van der Waals surface area contributed by atoms with E-state index < -0.39 is 17.9 Å². The number of aliphatic carboxylic acids is 1. The van der Waals surface area contributed by atoms with Crippen LogP contribution < -0.4 is 5.32 Å². The number of carboxylic acids is 1. The lowest BCUT2D eigenvalue weighted by atomic mass is 10.0. The van der Waals surface area contributed by atoms with Crippen molar-refractivity contribution in [2.75, 3.05) is 0 Å². The molecule has 0 aliphatic heterocycles. The van der Waals surface area contributed by atoms with Crippen LogP contribution in [0.15, 0.2) is 78.9 Å². The maximum atomic E-state index is 13.1. The molecular weight excluding hydrogens is 463 g/mol. The van der Waals surface area contributed by atoms with E-state index in [9.17, 15) is 14.7 Å². The van der Waals surface area contributed by atoms with Crippen molar-refractivity contribution < 1.29 is 14.7 Å². The van der Waals surface area contributed by atoms with Gasteiger partial charge < -0.3 is 10.4 Å². The summed E-state index contributed by atoms with van der Waals surface area (Å²) in [5, 5.41) is 17.1. The zero-order valence-electron chi connectivity index (χ0n) is 17.2. The monoisotopic (exact) mass is 480 g/mol. The van der Waals surface area contributed by atoms with Crippen molar-refractivity contribution in [3.8, 4) is 17.1 Å². The Hall–Kier alpha value is -3.68. The number of carbonyl (C=O) groups is 2. The SMILES string of the molecule is O=C(O)CC(NC(=O)c1nc(-c2ccccc2)n(-c2ccccc2)n1)c1ccc(Cl)cc1Cl. The molecule has 3 aromatic carbocycles. The summed E-state index contributed by atoms with van der Waals surface area (Å²) in [5.74, 6) is -1.34. The molecule has 166 valence electrons. The van der Waals surface area contributed by atoms with Crippen LogP contribution in [0.25, 0.3) is 17.1 Å². The standard InChI is InChI=1S/C24H18Cl2N4O3/c25-16-11-12-18(19(26)13-16)20(14-21(31)32)27-24(33)22-28-23(15-7-3-1-4-8-15)30(29-22)17-9-5-2-6-10-17/h1-13,20H,14H2,(H,27,33)(H,31,32). The summed E-state index contributed by atoms with van der Waals surface area (Å²) in [7, 11) is 0. The molecule has 2 N–H and O–H groups in total. The molecule has 0 aliphatic carbocycles. The molecule has 0 saturated heterocycles. The average Bonchev–Trinajstić information content (AvgIpc) is 3.25. The lowest BCUT2D eigenvalue weighted by Crippen LogP contribution is -2.31. The number of carbonyl (C=O) groups excluding carboxylic acids is 1. The third kappa shape index (κ3) is 5.22. The van der Waals surface area contributed by atoms with Gasteiger partial charge >= 0.3 is 5.97 Å². The molecule has 7 nitrogen and oxygen atoms in total. The molecule has 0 radical (unpaired) electrons. The van der Waals surface area contributed by atoms with Gasteiger partial charge in [-0.15, -0.1) is 5.10 Å². The number of amides is 1. The van der Waals surface area contributed by atoms with E-state index in [4.69, 9.17) is 23.2 Å². The van der Waals surface area contributed by atoms with Gasteiger partial charge in [0.05, 0.1) is 18.2 Å². The summed E-state index contributed by atoms with van der Waals surface area (Å²) in [6.45, 7) is 0. The highest BCUT2D eigenvalue weighted by Crippen LogP contribution is 2.29. The van der Waals surface area contributed by atoms with Crippen molar-refractivity contribution in [3.63, 3.8) is 0 Å².